The van der Waals surface area contributed by atoms with Crippen LogP contribution < -0.4 is 4.90 Å². The van der Waals surface area contributed by atoms with Crippen LogP contribution in [0, 0.1) is 0 Å². The summed E-state index contributed by atoms with van der Waals surface area (Å²) in [5.74, 6) is -0.0307. The molecule has 0 radical (unpaired) electrons. The van der Waals surface area contributed by atoms with E-state index in [9.17, 15) is 4.79 Å². The highest BCUT2D eigenvalue weighted by Crippen LogP contribution is 2.16. The molecule has 0 spiro atoms. The van der Waals surface area contributed by atoms with Gasteiger partial charge in [0.1, 0.15) is 0 Å². The minimum absolute atomic E-state index is 0.0307. The maximum Gasteiger partial charge on any atom is 0.185 e. The number of carbonyl (C=O) groups excluding carboxylic acids is 1. The molecule has 0 saturated carbocycles. The van der Waals surface area contributed by atoms with E-state index in [2.05, 4.69) is 0 Å². The monoisotopic (exact) mass is 311 g/mol. The predicted molar refractivity (Wildman–Crippen MR) is 92.6 cm³/mol. The number of rotatable bonds is 8. The Bertz CT molecular complexity index is 629. The third-order valence-electron chi connectivity index (χ3n) is 3.48. The summed E-state index contributed by atoms with van der Waals surface area (Å²) in [6.07, 6.45) is 3.34. The maximum absolute atomic E-state index is 12.0. The minimum atomic E-state index is -0.0307. The second-order valence-electron chi connectivity index (χ2n) is 5.09. The van der Waals surface area contributed by atoms with Crippen LogP contribution in [0.25, 0.3) is 6.08 Å². The lowest BCUT2D eigenvalue weighted by Crippen LogP contribution is -2.29. The molecule has 0 aliphatic heterocycles. The summed E-state index contributed by atoms with van der Waals surface area (Å²) in [5, 5.41) is 18.1. The van der Waals surface area contributed by atoms with E-state index in [1.165, 1.54) is 0 Å². The van der Waals surface area contributed by atoms with Crippen molar-refractivity contribution in [3.63, 3.8) is 0 Å². The number of nitrogens with zero attached hydrogens (tertiary/aromatic N) is 1. The van der Waals surface area contributed by atoms with Crippen LogP contribution in [0.1, 0.15) is 15.9 Å². The van der Waals surface area contributed by atoms with Crippen molar-refractivity contribution in [3.8, 4) is 0 Å². The quantitative estimate of drug-likeness (QED) is 0.580. The fourth-order valence-corrected chi connectivity index (χ4v) is 2.28. The second kappa shape index (κ2) is 8.88. The fraction of sp³-hybridized carbons (Fsp3) is 0.211. The van der Waals surface area contributed by atoms with Crippen molar-refractivity contribution in [2.45, 2.75) is 0 Å². The first-order valence-electron chi connectivity index (χ1n) is 7.59. The van der Waals surface area contributed by atoms with Gasteiger partial charge in [-0.05, 0) is 23.8 Å². The smallest absolute Gasteiger partial charge is 0.185 e. The molecule has 0 aliphatic rings. The third kappa shape index (κ3) is 5.06. The first-order chi connectivity index (χ1) is 11.2. The highest BCUT2D eigenvalue weighted by atomic mass is 16.3. The zero-order chi connectivity index (χ0) is 16.5. The summed E-state index contributed by atoms with van der Waals surface area (Å²) in [7, 11) is 0. The van der Waals surface area contributed by atoms with E-state index in [-0.39, 0.29) is 19.0 Å². The fourth-order valence-electron chi connectivity index (χ4n) is 2.28. The van der Waals surface area contributed by atoms with Gasteiger partial charge in [-0.1, -0.05) is 48.5 Å². The Balaban J connectivity index is 2.04. The Morgan fingerprint density at radius 3 is 2.09 bits per heavy atom. The third-order valence-corrected chi connectivity index (χ3v) is 3.48. The molecule has 0 heterocycles. The van der Waals surface area contributed by atoms with Crippen molar-refractivity contribution in [2.24, 2.45) is 0 Å². The molecule has 120 valence electrons. The van der Waals surface area contributed by atoms with Gasteiger partial charge >= 0.3 is 0 Å². The number of aliphatic hydroxyl groups excluding tert-OH is 2. The van der Waals surface area contributed by atoms with Crippen molar-refractivity contribution in [1.29, 1.82) is 0 Å². The highest BCUT2D eigenvalue weighted by molar-refractivity contribution is 6.06. The summed E-state index contributed by atoms with van der Waals surface area (Å²) >= 11 is 0. The molecule has 0 aliphatic carbocycles. The van der Waals surface area contributed by atoms with E-state index in [0.717, 1.165) is 11.3 Å². The molecule has 23 heavy (non-hydrogen) atoms. The van der Waals surface area contributed by atoms with Crippen LogP contribution in [0.5, 0.6) is 0 Å². The summed E-state index contributed by atoms with van der Waals surface area (Å²) in [6, 6.07) is 16.8. The molecule has 2 aromatic rings. The van der Waals surface area contributed by atoms with Crippen molar-refractivity contribution in [2.75, 3.05) is 31.2 Å². The zero-order valence-electron chi connectivity index (χ0n) is 12.9. The van der Waals surface area contributed by atoms with Gasteiger partial charge in [-0.15, -0.1) is 0 Å². The number of carbonyl (C=O) groups is 1. The average Bonchev–Trinajstić information content (AvgIpc) is 2.61. The molecule has 0 unspecified atom stereocenters. The van der Waals surface area contributed by atoms with Gasteiger partial charge in [-0.2, -0.15) is 0 Å². The van der Waals surface area contributed by atoms with Crippen LogP contribution in [0.4, 0.5) is 5.69 Å². The molecule has 2 rings (SSSR count). The molecular weight excluding hydrogens is 290 g/mol. The van der Waals surface area contributed by atoms with Crippen LogP contribution in [0.2, 0.25) is 0 Å². The van der Waals surface area contributed by atoms with Crippen LogP contribution in [0.3, 0.4) is 0 Å². The number of ketones is 1. The maximum atomic E-state index is 12.0. The topological polar surface area (TPSA) is 60.8 Å². The van der Waals surface area contributed by atoms with Gasteiger partial charge in [-0.3, -0.25) is 4.79 Å². The molecule has 0 atom stereocenters. The van der Waals surface area contributed by atoms with E-state index in [0.29, 0.717) is 18.7 Å². The molecule has 0 aromatic heterocycles. The summed E-state index contributed by atoms with van der Waals surface area (Å²) in [6.45, 7) is 1.02. The number of hydrogen-bond donors (Lipinski definition) is 2. The average molecular weight is 311 g/mol. The van der Waals surface area contributed by atoms with Gasteiger partial charge in [-0.25, -0.2) is 0 Å². The molecule has 4 heteroatoms. The lowest BCUT2D eigenvalue weighted by molar-refractivity contribution is 0.104. The van der Waals surface area contributed by atoms with E-state index in [1.54, 1.807) is 24.3 Å². The number of hydrogen-bond acceptors (Lipinski definition) is 4. The van der Waals surface area contributed by atoms with E-state index >= 15 is 0 Å². The Labute approximate surface area is 136 Å². The predicted octanol–water partition coefficient (Wildman–Crippen LogP) is 2.37. The normalized spacial score (nSPS) is 10.9. The SMILES string of the molecule is O=C(C=Cc1ccc(N(CCO)CCO)cc1)c1ccccc1. The standard InChI is InChI=1S/C19H21NO3/c21-14-12-20(13-15-22)18-9-6-16(7-10-18)8-11-19(23)17-4-2-1-3-5-17/h1-11,21-22H,12-15H2. The number of allylic oxidation sites excluding steroid dienone is 1. The molecule has 4 nitrogen and oxygen atoms in total. The van der Waals surface area contributed by atoms with E-state index in [4.69, 9.17) is 10.2 Å². The van der Waals surface area contributed by atoms with Gasteiger partial charge < -0.3 is 15.1 Å². The first kappa shape index (κ1) is 16.9. The van der Waals surface area contributed by atoms with Gasteiger partial charge in [0.15, 0.2) is 5.78 Å². The Morgan fingerprint density at radius 2 is 1.52 bits per heavy atom. The summed E-state index contributed by atoms with van der Waals surface area (Å²) in [4.78, 5) is 13.9. The number of aliphatic hydroxyl groups is 2. The molecule has 0 saturated heterocycles. The lowest BCUT2D eigenvalue weighted by atomic mass is 10.1. The van der Waals surface area contributed by atoms with E-state index < -0.39 is 0 Å². The van der Waals surface area contributed by atoms with Gasteiger partial charge in [0.05, 0.1) is 13.2 Å². The Hall–Kier alpha value is -2.43. The molecule has 0 fully saturated rings. The molecule has 2 N–H and O–H groups in total. The van der Waals surface area contributed by atoms with Crippen LogP contribution in [0.15, 0.2) is 60.7 Å². The highest BCUT2D eigenvalue weighted by Gasteiger charge is 2.05. The van der Waals surface area contributed by atoms with Crippen LogP contribution >= 0.6 is 0 Å². The first-order valence-corrected chi connectivity index (χ1v) is 7.59. The minimum Gasteiger partial charge on any atom is -0.395 e. The lowest BCUT2D eigenvalue weighted by Gasteiger charge is -2.22. The second-order valence-corrected chi connectivity index (χ2v) is 5.09. The van der Waals surface area contributed by atoms with E-state index in [1.807, 2.05) is 47.4 Å². The zero-order valence-corrected chi connectivity index (χ0v) is 12.9. The molecule has 2 aromatic carbocycles. The van der Waals surface area contributed by atoms with Crippen molar-refractivity contribution >= 4 is 17.5 Å². The molecule has 0 bridgehead atoms. The Morgan fingerprint density at radius 1 is 0.913 bits per heavy atom. The Kier molecular flexibility index (Phi) is 6.54. The largest absolute Gasteiger partial charge is 0.395 e. The van der Waals surface area contributed by atoms with Gasteiger partial charge in [0.2, 0.25) is 0 Å². The summed E-state index contributed by atoms with van der Waals surface area (Å²) in [5.41, 5.74) is 2.52. The van der Waals surface area contributed by atoms with Crippen LogP contribution in [-0.2, 0) is 0 Å². The van der Waals surface area contributed by atoms with Gasteiger partial charge in [0.25, 0.3) is 0 Å². The van der Waals surface area contributed by atoms with Crippen LogP contribution in [-0.4, -0.2) is 42.3 Å². The molecular formula is C19H21NO3. The molecule has 0 amide bonds. The van der Waals surface area contributed by atoms with Crippen molar-refractivity contribution in [3.05, 3.63) is 71.8 Å². The van der Waals surface area contributed by atoms with Crippen molar-refractivity contribution in [1.82, 2.24) is 0 Å². The summed E-state index contributed by atoms with van der Waals surface area (Å²) < 4.78 is 0. The number of benzene rings is 2. The van der Waals surface area contributed by atoms with Gasteiger partial charge in [0, 0.05) is 24.3 Å². The van der Waals surface area contributed by atoms with Crippen molar-refractivity contribution < 1.29 is 15.0 Å². The number of anilines is 1.